The number of rotatable bonds is 11. The third-order valence-electron chi connectivity index (χ3n) is 4.97. The highest BCUT2D eigenvalue weighted by molar-refractivity contribution is 6.13. The zero-order chi connectivity index (χ0) is 22.9. The lowest BCUT2D eigenvalue weighted by atomic mass is 10.1. The van der Waals surface area contributed by atoms with Gasteiger partial charge in [-0.15, -0.1) is 0 Å². The van der Waals surface area contributed by atoms with Crippen molar-refractivity contribution in [3.05, 3.63) is 53.2 Å². The topological polar surface area (TPSA) is 75.6 Å². The molecule has 0 aromatic heterocycles. The molecule has 2 aromatic rings. The van der Waals surface area contributed by atoms with Crippen molar-refractivity contribution < 1.29 is 28.5 Å². The van der Waals surface area contributed by atoms with Crippen molar-refractivity contribution in [1.82, 2.24) is 0 Å². The molecule has 0 saturated carbocycles. The van der Waals surface area contributed by atoms with Crippen LogP contribution >= 0.6 is 0 Å². The van der Waals surface area contributed by atoms with Gasteiger partial charge in [-0.1, -0.05) is 32.3 Å². The Morgan fingerprint density at radius 2 is 1.66 bits per heavy atom. The van der Waals surface area contributed by atoms with Gasteiger partial charge in [-0.3, -0.25) is 0 Å². The molecule has 0 N–H and O–H groups in total. The van der Waals surface area contributed by atoms with Crippen molar-refractivity contribution in [2.45, 2.75) is 32.6 Å². The molecule has 170 valence electrons. The highest BCUT2D eigenvalue weighted by atomic mass is 16.6. The van der Waals surface area contributed by atoms with Gasteiger partial charge >= 0.3 is 5.97 Å². The number of esters is 1. The van der Waals surface area contributed by atoms with E-state index in [9.17, 15) is 4.79 Å². The fourth-order valence-electron chi connectivity index (χ4n) is 3.23. The van der Waals surface area contributed by atoms with Gasteiger partial charge in [-0.25, -0.2) is 9.79 Å². The van der Waals surface area contributed by atoms with E-state index in [1.807, 2.05) is 18.2 Å². The Morgan fingerprint density at radius 3 is 2.31 bits per heavy atom. The van der Waals surface area contributed by atoms with Crippen LogP contribution in [-0.4, -0.2) is 39.8 Å². The first-order valence-corrected chi connectivity index (χ1v) is 10.6. The van der Waals surface area contributed by atoms with Crippen molar-refractivity contribution in [2.24, 2.45) is 4.99 Å². The highest BCUT2D eigenvalue weighted by Gasteiger charge is 2.25. The molecule has 32 heavy (non-hydrogen) atoms. The second kappa shape index (κ2) is 11.2. The summed E-state index contributed by atoms with van der Waals surface area (Å²) in [6.45, 7) is 2.82. The van der Waals surface area contributed by atoms with Crippen LogP contribution in [0.3, 0.4) is 0 Å². The number of aliphatic imine (C=N–C) groups is 1. The van der Waals surface area contributed by atoms with Crippen LogP contribution in [0.5, 0.6) is 23.0 Å². The van der Waals surface area contributed by atoms with E-state index in [1.165, 1.54) is 12.8 Å². The number of carbonyl (C=O) groups excluding carboxylic acids is 1. The van der Waals surface area contributed by atoms with E-state index >= 15 is 0 Å². The summed E-state index contributed by atoms with van der Waals surface area (Å²) in [5, 5.41) is 0. The fraction of sp³-hybridized carbons (Fsp3) is 0.360. The number of nitrogens with zero attached hydrogens (tertiary/aromatic N) is 1. The monoisotopic (exact) mass is 439 g/mol. The molecule has 0 bridgehead atoms. The van der Waals surface area contributed by atoms with Crippen molar-refractivity contribution in [3.63, 3.8) is 0 Å². The molecule has 0 fully saturated rings. The Morgan fingerprint density at radius 1 is 0.906 bits per heavy atom. The zero-order valence-electron chi connectivity index (χ0n) is 19.0. The molecule has 1 heterocycles. The van der Waals surface area contributed by atoms with Crippen molar-refractivity contribution >= 4 is 17.9 Å². The number of ether oxygens (including phenoxy) is 5. The fourth-order valence-corrected chi connectivity index (χ4v) is 3.23. The molecule has 7 nitrogen and oxygen atoms in total. The molecule has 0 radical (unpaired) electrons. The third kappa shape index (κ3) is 5.81. The minimum absolute atomic E-state index is 0.192. The summed E-state index contributed by atoms with van der Waals surface area (Å²) in [6.07, 6.45) is 6.19. The van der Waals surface area contributed by atoms with Crippen LogP contribution in [-0.2, 0) is 9.53 Å². The molecule has 2 aromatic carbocycles. The Kier molecular flexibility index (Phi) is 8.14. The van der Waals surface area contributed by atoms with Gasteiger partial charge in [-0.2, -0.15) is 0 Å². The van der Waals surface area contributed by atoms with E-state index < -0.39 is 5.97 Å². The van der Waals surface area contributed by atoms with Gasteiger partial charge in [0.15, 0.2) is 17.2 Å². The zero-order valence-corrected chi connectivity index (χ0v) is 19.0. The normalized spacial score (nSPS) is 14.2. The summed E-state index contributed by atoms with van der Waals surface area (Å²) in [6, 6.07) is 10.7. The molecule has 1 aliphatic heterocycles. The average Bonchev–Trinajstić information content (AvgIpc) is 3.19. The minimum atomic E-state index is -0.531. The van der Waals surface area contributed by atoms with Crippen molar-refractivity contribution in [1.29, 1.82) is 0 Å². The molecule has 0 amide bonds. The summed E-state index contributed by atoms with van der Waals surface area (Å²) in [7, 11) is 4.70. The molecule has 0 spiro atoms. The summed E-state index contributed by atoms with van der Waals surface area (Å²) in [5.74, 6) is 2.08. The maximum atomic E-state index is 12.4. The quantitative estimate of drug-likeness (QED) is 0.278. The van der Waals surface area contributed by atoms with Gasteiger partial charge in [0.05, 0.1) is 27.9 Å². The maximum absolute atomic E-state index is 12.4. The van der Waals surface area contributed by atoms with E-state index in [2.05, 4.69) is 11.9 Å². The second-order valence-electron chi connectivity index (χ2n) is 7.26. The highest BCUT2D eigenvalue weighted by Crippen LogP contribution is 2.31. The van der Waals surface area contributed by atoms with Gasteiger partial charge in [-0.05, 0) is 42.3 Å². The van der Waals surface area contributed by atoms with Crippen LogP contribution in [0, 0.1) is 0 Å². The van der Waals surface area contributed by atoms with E-state index in [-0.39, 0.29) is 11.6 Å². The number of benzene rings is 2. The molecule has 0 aliphatic carbocycles. The Hall–Kier alpha value is -3.48. The predicted octanol–water partition coefficient (Wildman–Crippen LogP) is 5.02. The average molecular weight is 440 g/mol. The van der Waals surface area contributed by atoms with Crippen LogP contribution in [0.2, 0.25) is 0 Å². The number of methoxy groups -OCH3 is 3. The first-order chi connectivity index (χ1) is 15.6. The first kappa shape index (κ1) is 23.2. The van der Waals surface area contributed by atoms with Gasteiger partial charge in [0.2, 0.25) is 5.90 Å². The van der Waals surface area contributed by atoms with Crippen LogP contribution in [0.15, 0.2) is 47.1 Å². The first-order valence-electron chi connectivity index (χ1n) is 10.6. The summed E-state index contributed by atoms with van der Waals surface area (Å²) in [4.78, 5) is 16.8. The van der Waals surface area contributed by atoms with Gasteiger partial charge in [0, 0.05) is 11.6 Å². The minimum Gasteiger partial charge on any atom is -0.497 e. The summed E-state index contributed by atoms with van der Waals surface area (Å²) < 4.78 is 27.2. The molecular weight excluding hydrogens is 410 g/mol. The van der Waals surface area contributed by atoms with Crippen LogP contribution in [0.1, 0.15) is 43.7 Å². The van der Waals surface area contributed by atoms with Crippen molar-refractivity contribution in [3.8, 4) is 23.0 Å². The number of carbonyl (C=O) groups is 1. The lowest BCUT2D eigenvalue weighted by molar-refractivity contribution is -0.129. The van der Waals surface area contributed by atoms with E-state index in [0.717, 1.165) is 18.4 Å². The van der Waals surface area contributed by atoms with Crippen molar-refractivity contribution in [2.75, 3.05) is 27.9 Å². The maximum Gasteiger partial charge on any atom is 0.363 e. The second-order valence-corrected chi connectivity index (χ2v) is 7.26. The van der Waals surface area contributed by atoms with E-state index in [4.69, 9.17) is 23.7 Å². The Labute approximate surface area is 188 Å². The summed E-state index contributed by atoms with van der Waals surface area (Å²) >= 11 is 0. The number of unbranched alkanes of at least 4 members (excludes halogenated alkanes) is 3. The van der Waals surface area contributed by atoms with Crippen LogP contribution in [0.25, 0.3) is 6.08 Å². The Bertz CT molecular complexity index is 989. The van der Waals surface area contributed by atoms with Crippen LogP contribution < -0.4 is 18.9 Å². The van der Waals surface area contributed by atoms with E-state index in [0.29, 0.717) is 35.2 Å². The lowest BCUT2D eigenvalue weighted by Gasteiger charge is -2.11. The standard InChI is InChI=1S/C25H29NO6/c1-5-6-7-8-11-31-22-10-9-17(13-23(22)30-4)12-21-25(27)32-24(26-21)18-14-19(28-2)16-20(15-18)29-3/h9-10,12-16H,5-8,11H2,1-4H3/b21-12-. The molecule has 1 aliphatic rings. The van der Waals surface area contributed by atoms with Gasteiger partial charge in [0.1, 0.15) is 11.5 Å². The largest absolute Gasteiger partial charge is 0.497 e. The van der Waals surface area contributed by atoms with Crippen LogP contribution in [0.4, 0.5) is 0 Å². The molecule has 0 unspecified atom stereocenters. The SMILES string of the molecule is CCCCCCOc1ccc(/C=C2\N=C(c3cc(OC)cc(OC)c3)OC2=O)cc1OC. The predicted molar refractivity (Wildman–Crippen MR) is 123 cm³/mol. The molecular formula is C25H29NO6. The van der Waals surface area contributed by atoms with E-state index in [1.54, 1.807) is 45.6 Å². The smallest absolute Gasteiger partial charge is 0.363 e. The Balaban J connectivity index is 1.79. The molecule has 0 atom stereocenters. The number of hydrogen-bond acceptors (Lipinski definition) is 7. The third-order valence-corrected chi connectivity index (χ3v) is 4.97. The summed E-state index contributed by atoms with van der Waals surface area (Å²) in [5.41, 5.74) is 1.53. The molecule has 3 rings (SSSR count). The number of hydrogen-bond donors (Lipinski definition) is 0. The van der Waals surface area contributed by atoms with Gasteiger partial charge < -0.3 is 23.7 Å². The molecule has 7 heteroatoms. The molecule has 0 saturated heterocycles. The van der Waals surface area contributed by atoms with Gasteiger partial charge in [0.25, 0.3) is 0 Å². The lowest BCUT2D eigenvalue weighted by Crippen LogP contribution is -2.06. The number of cyclic esters (lactones) is 1.